The number of nitrogens with zero attached hydrogens (tertiary/aromatic N) is 1. The fourth-order valence-electron chi connectivity index (χ4n) is 3.66. The minimum atomic E-state index is -0.408. The number of aliphatic imine (C=N–C) groups is 1. The summed E-state index contributed by atoms with van der Waals surface area (Å²) in [6.07, 6.45) is 6.45. The van der Waals surface area contributed by atoms with Crippen LogP contribution in [0.25, 0.3) is 0 Å². The van der Waals surface area contributed by atoms with E-state index in [0.29, 0.717) is 17.8 Å². The van der Waals surface area contributed by atoms with Crippen LogP contribution in [0.15, 0.2) is 41.0 Å². The molecule has 0 radical (unpaired) electrons. The molecule has 25 heavy (non-hydrogen) atoms. The van der Waals surface area contributed by atoms with Crippen molar-refractivity contribution >= 4 is 17.3 Å². The van der Waals surface area contributed by atoms with E-state index in [1.165, 1.54) is 25.7 Å². The number of carbonyl (C=O) groups is 1. The summed E-state index contributed by atoms with van der Waals surface area (Å²) in [6, 6.07) is 7.25. The Morgan fingerprint density at radius 3 is 2.20 bits per heavy atom. The predicted octanol–water partition coefficient (Wildman–Crippen LogP) is 2.67. The molecule has 1 aromatic rings. The summed E-state index contributed by atoms with van der Waals surface area (Å²) in [5.41, 5.74) is 15.4. The van der Waals surface area contributed by atoms with Gasteiger partial charge in [0.15, 0.2) is 0 Å². The minimum Gasteiger partial charge on any atom is -0.404 e. The van der Waals surface area contributed by atoms with Gasteiger partial charge < -0.3 is 16.8 Å². The van der Waals surface area contributed by atoms with Crippen molar-refractivity contribution in [3.05, 3.63) is 41.6 Å². The molecule has 5 nitrogen and oxygen atoms in total. The van der Waals surface area contributed by atoms with Crippen LogP contribution < -0.4 is 16.8 Å². The van der Waals surface area contributed by atoms with Crippen molar-refractivity contribution in [2.24, 2.45) is 34.2 Å². The van der Waals surface area contributed by atoms with E-state index in [2.05, 4.69) is 10.3 Å². The van der Waals surface area contributed by atoms with Crippen LogP contribution in [-0.4, -0.2) is 24.7 Å². The van der Waals surface area contributed by atoms with Gasteiger partial charge in [-0.25, -0.2) is 0 Å². The normalized spacial score (nSPS) is 19.8. The van der Waals surface area contributed by atoms with Crippen molar-refractivity contribution in [3.63, 3.8) is 0 Å². The first-order chi connectivity index (χ1) is 12.0. The molecule has 3 rings (SSSR count). The first-order valence-corrected chi connectivity index (χ1v) is 9.07. The van der Waals surface area contributed by atoms with E-state index in [0.717, 1.165) is 22.5 Å². The van der Waals surface area contributed by atoms with E-state index in [9.17, 15) is 4.79 Å². The number of benzene rings is 1. The Morgan fingerprint density at radius 1 is 1.20 bits per heavy atom. The average molecular weight is 340 g/mol. The van der Waals surface area contributed by atoms with Crippen LogP contribution in [0.5, 0.6) is 0 Å². The average Bonchev–Trinajstić information content (AvgIpc) is 3.51. The molecule has 0 bridgehead atoms. The lowest BCUT2D eigenvalue weighted by Crippen LogP contribution is -2.43. The molecule has 5 N–H and O–H groups in total. The monoisotopic (exact) mass is 340 g/mol. The van der Waals surface area contributed by atoms with Gasteiger partial charge in [0.25, 0.3) is 0 Å². The Morgan fingerprint density at radius 2 is 1.76 bits per heavy atom. The summed E-state index contributed by atoms with van der Waals surface area (Å²) in [6.45, 7) is 1.92. The number of hydrogen-bond acceptors (Lipinski definition) is 4. The quantitative estimate of drug-likeness (QED) is 0.666. The summed E-state index contributed by atoms with van der Waals surface area (Å²) in [7, 11) is 1.74. The van der Waals surface area contributed by atoms with Crippen molar-refractivity contribution < 1.29 is 4.79 Å². The molecule has 2 saturated carbocycles. The van der Waals surface area contributed by atoms with Crippen molar-refractivity contribution in [2.45, 2.75) is 38.6 Å². The summed E-state index contributed by atoms with van der Waals surface area (Å²) in [4.78, 5) is 16.8. The molecule has 0 aliphatic heterocycles. The van der Waals surface area contributed by atoms with Gasteiger partial charge in [-0.2, -0.15) is 0 Å². The van der Waals surface area contributed by atoms with Crippen LogP contribution in [0.3, 0.4) is 0 Å². The second-order valence-corrected chi connectivity index (χ2v) is 7.27. The molecule has 1 amide bonds. The second-order valence-electron chi connectivity index (χ2n) is 7.27. The molecule has 0 unspecified atom stereocenters. The molecule has 2 fully saturated rings. The maximum Gasteiger partial charge on any atom is 0.241 e. The SMILES string of the molecule is CN=C(C(C)=CN)c1ccc(NC(=O)[C@@H](N)C(C2CC2)C2CC2)cc1. The molecule has 2 aliphatic rings. The van der Waals surface area contributed by atoms with Gasteiger partial charge >= 0.3 is 0 Å². The first-order valence-electron chi connectivity index (χ1n) is 9.07. The highest BCUT2D eigenvalue weighted by molar-refractivity contribution is 6.12. The lowest BCUT2D eigenvalue weighted by molar-refractivity contribution is -0.118. The van der Waals surface area contributed by atoms with E-state index in [-0.39, 0.29) is 5.91 Å². The van der Waals surface area contributed by atoms with Crippen LogP contribution in [0.1, 0.15) is 38.2 Å². The summed E-state index contributed by atoms with van der Waals surface area (Å²) in [5.74, 6) is 1.60. The number of allylic oxidation sites excluding steroid dienone is 1. The molecular weight excluding hydrogens is 312 g/mol. The highest BCUT2D eigenvalue weighted by Gasteiger charge is 2.46. The number of nitrogens with two attached hydrogens (primary N) is 2. The van der Waals surface area contributed by atoms with E-state index in [1.54, 1.807) is 13.2 Å². The van der Waals surface area contributed by atoms with Gasteiger partial charge in [-0.15, -0.1) is 0 Å². The van der Waals surface area contributed by atoms with Crippen LogP contribution in [0.4, 0.5) is 5.69 Å². The predicted molar refractivity (Wildman–Crippen MR) is 102 cm³/mol. The molecule has 0 saturated heterocycles. The maximum atomic E-state index is 12.6. The van der Waals surface area contributed by atoms with Gasteiger partial charge in [-0.1, -0.05) is 12.1 Å². The van der Waals surface area contributed by atoms with Gasteiger partial charge in [-0.3, -0.25) is 9.79 Å². The van der Waals surface area contributed by atoms with Gasteiger partial charge in [0.1, 0.15) is 0 Å². The van der Waals surface area contributed by atoms with E-state index >= 15 is 0 Å². The fourth-order valence-corrected chi connectivity index (χ4v) is 3.66. The Balaban J connectivity index is 1.65. The van der Waals surface area contributed by atoms with Gasteiger partial charge in [0.2, 0.25) is 5.91 Å². The van der Waals surface area contributed by atoms with Crippen LogP contribution in [0.2, 0.25) is 0 Å². The number of amides is 1. The summed E-state index contributed by atoms with van der Waals surface area (Å²) < 4.78 is 0. The van der Waals surface area contributed by atoms with Crippen molar-refractivity contribution in [1.82, 2.24) is 0 Å². The van der Waals surface area contributed by atoms with E-state index in [1.807, 2.05) is 31.2 Å². The number of anilines is 1. The maximum absolute atomic E-state index is 12.6. The number of carbonyl (C=O) groups excluding carboxylic acids is 1. The zero-order valence-electron chi connectivity index (χ0n) is 15.0. The fraction of sp³-hybridized carbons (Fsp3) is 0.500. The van der Waals surface area contributed by atoms with Crippen LogP contribution in [0, 0.1) is 17.8 Å². The van der Waals surface area contributed by atoms with E-state index in [4.69, 9.17) is 11.5 Å². The molecule has 1 atom stereocenters. The molecule has 0 aromatic heterocycles. The summed E-state index contributed by atoms with van der Waals surface area (Å²) in [5, 5.41) is 2.97. The van der Waals surface area contributed by atoms with Crippen molar-refractivity contribution in [2.75, 3.05) is 12.4 Å². The largest absolute Gasteiger partial charge is 0.404 e. The van der Waals surface area contributed by atoms with Crippen molar-refractivity contribution in [3.8, 4) is 0 Å². The zero-order valence-corrected chi connectivity index (χ0v) is 15.0. The van der Waals surface area contributed by atoms with Crippen LogP contribution in [-0.2, 0) is 4.79 Å². The lowest BCUT2D eigenvalue weighted by atomic mass is 9.89. The minimum absolute atomic E-state index is 0.0704. The standard InChI is InChI=1S/C20H28N4O/c1-12(11-21)19(23-2)15-7-9-16(10-8-15)24-20(25)18(22)17(13-3-4-13)14-5-6-14/h7-11,13-14,17-18H,3-6,21-22H2,1-2H3,(H,24,25)/t18-/m0/s1. The zero-order chi connectivity index (χ0) is 18.0. The highest BCUT2D eigenvalue weighted by atomic mass is 16.2. The third kappa shape index (κ3) is 4.10. The number of nitrogens with one attached hydrogen (secondary N) is 1. The molecule has 0 spiro atoms. The Hall–Kier alpha value is -2.14. The molecule has 0 heterocycles. The number of hydrogen-bond donors (Lipinski definition) is 3. The molecule has 5 heteroatoms. The second kappa shape index (κ2) is 7.40. The third-order valence-electron chi connectivity index (χ3n) is 5.32. The van der Waals surface area contributed by atoms with E-state index < -0.39 is 6.04 Å². The van der Waals surface area contributed by atoms with Crippen molar-refractivity contribution in [1.29, 1.82) is 0 Å². The molecule has 134 valence electrons. The molecule has 2 aliphatic carbocycles. The smallest absolute Gasteiger partial charge is 0.241 e. The topological polar surface area (TPSA) is 93.5 Å². The molecule has 1 aromatic carbocycles. The summed E-state index contributed by atoms with van der Waals surface area (Å²) >= 11 is 0. The Bertz CT molecular complexity index is 672. The van der Waals surface area contributed by atoms with Gasteiger partial charge in [-0.05, 0) is 74.3 Å². The Labute approximate surface area is 149 Å². The third-order valence-corrected chi connectivity index (χ3v) is 5.32. The van der Waals surface area contributed by atoms with Crippen LogP contribution >= 0.6 is 0 Å². The number of rotatable bonds is 7. The highest BCUT2D eigenvalue weighted by Crippen LogP contribution is 2.50. The first kappa shape index (κ1) is 17.7. The molecular formula is C20H28N4O. The van der Waals surface area contributed by atoms with Gasteiger partial charge in [0.05, 0.1) is 11.8 Å². The Kier molecular flexibility index (Phi) is 5.23. The lowest BCUT2D eigenvalue weighted by Gasteiger charge is -2.23. The van der Waals surface area contributed by atoms with Gasteiger partial charge in [0, 0.05) is 18.3 Å².